The van der Waals surface area contributed by atoms with Crippen LogP contribution in [0.3, 0.4) is 0 Å². The molecule has 0 aliphatic carbocycles. The van der Waals surface area contributed by atoms with Gasteiger partial charge in [0.05, 0.1) is 16.8 Å². The zero-order valence-electron chi connectivity index (χ0n) is 12.0. The predicted molar refractivity (Wildman–Crippen MR) is 78.3 cm³/mol. The first kappa shape index (κ1) is 16.1. The number of amides is 1. The topological polar surface area (TPSA) is 62.2 Å². The molecule has 5 heteroatoms. The third-order valence-corrected chi connectivity index (χ3v) is 4.13. The van der Waals surface area contributed by atoms with Crippen LogP contribution in [0.25, 0.3) is 0 Å². The van der Waals surface area contributed by atoms with Crippen LogP contribution in [0.5, 0.6) is 0 Å². The van der Waals surface area contributed by atoms with Crippen LogP contribution in [0.2, 0.25) is 0 Å². The van der Waals surface area contributed by atoms with Crippen molar-refractivity contribution in [1.82, 2.24) is 10.3 Å². The Morgan fingerprint density at radius 1 is 1.58 bits per heavy atom. The number of thiazole rings is 1. The molecule has 1 aromatic heterocycles. The Morgan fingerprint density at radius 3 is 2.89 bits per heavy atom. The van der Waals surface area contributed by atoms with E-state index in [0.29, 0.717) is 13.0 Å². The van der Waals surface area contributed by atoms with E-state index in [2.05, 4.69) is 10.3 Å². The summed E-state index contributed by atoms with van der Waals surface area (Å²) in [5, 5.41) is 15.6. The molecule has 2 unspecified atom stereocenters. The lowest BCUT2D eigenvalue weighted by molar-refractivity contribution is -0.121. The summed E-state index contributed by atoms with van der Waals surface area (Å²) < 4.78 is 0. The van der Waals surface area contributed by atoms with Gasteiger partial charge in [-0.15, -0.1) is 11.3 Å². The number of nitrogens with zero attached hydrogens (tertiary/aromatic N) is 1. The van der Waals surface area contributed by atoms with Crippen LogP contribution >= 0.6 is 11.3 Å². The number of rotatable bonds is 8. The molecule has 1 aromatic rings. The minimum absolute atomic E-state index is 0.00862. The predicted octanol–water partition coefficient (Wildman–Crippen LogP) is 2.30. The Bertz CT molecular complexity index is 393. The molecule has 0 bridgehead atoms. The van der Waals surface area contributed by atoms with Gasteiger partial charge in [0, 0.05) is 18.3 Å². The Balaban J connectivity index is 2.14. The molecule has 0 radical (unpaired) electrons. The number of hydrogen-bond donors (Lipinski definition) is 2. The maximum atomic E-state index is 11.6. The lowest BCUT2D eigenvalue weighted by Gasteiger charge is -2.17. The zero-order chi connectivity index (χ0) is 14.3. The molecular weight excluding hydrogens is 260 g/mol. The van der Waals surface area contributed by atoms with Crippen LogP contribution < -0.4 is 5.32 Å². The van der Waals surface area contributed by atoms with Crippen molar-refractivity contribution in [1.29, 1.82) is 0 Å². The van der Waals surface area contributed by atoms with Crippen LogP contribution in [0.4, 0.5) is 0 Å². The van der Waals surface area contributed by atoms with E-state index in [-0.39, 0.29) is 11.8 Å². The number of carbonyl (C=O) groups is 1. The number of carbonyl (C=O) groups excluding carboxylic acids is 1. The van der Waals surface area contributed by atoms with Gasteiger partial charge in [-0.1, -0.05) is 20.3 Å². The Morgan fingerprint density at radius 2 is 2.32 bits per heavy atom. The highest BCUT2D eigenvalue weighted by molar-refractivity contribution is 7.09. The molecule has 0 fully saturated rings. The number of hydrogen-bond acceptors (Lipinski definition) is 4. The first-order chi connectivity index (χ1) is 9.02. The second-order valence-electron chi connectivity index (χ2n) is 4.97. The second-order valence-corrected chi connectivity index (χ2v) is 6.03. The third-order valence-electron chi connectivity index (χ3n) is 3.31. The van der Waals surface area contributed by atoms with E-state index in [9.17, 15) is 9.90 Å². The summed E-state index contributed by atoms with van der Waals surface area (Å²) in [5.41, 5.74) is 1.06. The lowest BCUT2D eigenvalue weighted by atomic mass is 10.0. The summed E-state index contributed by atoms with van der Waals surface area (Å²) in [4.78, 5) is 16.0. The third kappa shape index (κ3) is 6.16. The molecule has 1 rings (SSSR count). The van der Waals surface area contributed by atoms with Gasteiger partial charge in [0.15, 0.2) is 0 Å². The lowest BCUT2D eigenvalue weighted by Crippen LogP contribution is -2.35. The number of aliphatic hydroxyl groups excluding tert-OH is 1. The van der Waals surface area contributed by atoms with Crippen molar-refractivity contribution >= 4 is 17.2 Å². The molecular formula is C14H24N2O2S. The second kappa shape index (κ2) is 8.27. The van der Waals surface area contributed by atoms with E-state index in [4.69, 9.17) is 0 Å². The minimum atomic E-state index is -0.449. The van der Waals surface area contributed by atoms with Crippen LogP contribution in [0, 0.1) is 12.8 Å². The molecule has 4 nitrogen and oxygen atoms in total. The summed E-state index contributed by atoms with van der Waals surface area (Å²) in [6.07, 6.45) is 2.60. The SMILES string of the molecule is CCC(C)C(O)CNC(=O)CCCc1csc(C)n1. The molecule has 2 atom stereocenters. The molecule has 1 amide bonds. The van der Waals surface area contributed by atoms with Crippen LogP contribution in [0.1, 0.15) is 43.8 Å². The van der Waals surface area contributed by atoms with Crippen molar-refractivity contribution in [3.8, 4) is 0 Å². The standard InChI is InChI=1S/C14H24N2O2S/c1-4-10(2)13(17)8-15-14(18)7-5-6-12-9-19-11(3)16-12/h9-10,13,17H,4-8H2,1-3H3,(H,15,18). The molecule has 0 aromatic carbocycles. The average molecular weight is 284 g/mol. The molecule has 0 saturated carbocycles. The van der Waals surface area contributed by atoms with Gasteiger partial charge in [-0.05, 0) is 25.7 Å². The van der Waals surface area contributed by atoms with E-state index in [0.717, 1.165) is 30.0 Å². The Labute approximate surface area is 119 Å². The van der Waals surface area contributed by atoms with E-state index >= 15 is 0 Å². The number of aliphatic hydroxyl groups is 1. The molecule has 0 aliphatic rings. The van der Waals surface area contributed by atoms with Crippen LogP contribution in [-0.4, -0.2) is 28.6 Å². The highest BCUT2D eigenvalue weighted by Crippen LogP contribution is 2.10. The first-order valence-corrected chi connectivity index (χ1v) is 7.76. The van der Waals surface area contributed by atoms with Crippen molar-refractivity contribution in [3.63, 3.8) is 0 Å². The zero-order valence-corrected chi connectivity index (χ0v) is 12.8. The quantitative estimate of drug-likeness (QED) is 0.770. The molecule has 0 spiro atoms. The number of aromatic nitrogens is 1. The molecule has 1 heterocycles. The van der Waals surface area contributed by atoms with E-state index in [1.165, 1.54) is 0 Å². The van der Waals surface area contributed by atoms with Gasteiger partial charge in [0.2, 0.25) is 5.91 Å². The van der Waals surface area contributed by atoms with Crippen LogP contribution in [-0.2, 0) is 11.2 Å². The fraction of sp³-hybridized carbons (Fsp3) is 0.714. The van der Waals surface area contributed by atoms with Gasteiger partial charge in [0.25, 0.3) is 0 Å². The monoisotopic (exact) mass is 284 g/mol. The smallest absolute Gasteiger partial charge is 0.220 e. The van der Waals surface area contributed by atoms with Gasteiger partial charge < -0.3 is 10.4 Å². The van der Waals surface area contributed by atoms with Gasteiger partial charge in [0.1, 0.15) is 0 Å². The summed E-state index contributed by atoms with van der Waals surface area (Å²) in [6, 6.07) is 0. The number of nitrogens with one attached hydrogen (secondary N) is 1. The van der Waals surface area contributed by atoms with Crippen molar-refractivity contribution < 1.29 is 9.90 Å². The molecule has 0 saturated heterocycles. The van der Waals surface area contributed by atoms with Crippen LogP contribution in [0.15, 0.2) is 5.38 Å². The van der Waals surface area contributed by atoms with Gasteiger partial charge in [-0.2, -0.15) is 0 Å². The van der Waals surface area contributed by atoms with Gasteiger partial charge in [-0.25, -0.2) is 4.98 Å². The molecule has 2 N–H and O–H groups in total. The molecule has 19 heavy (non-hydrogen) atoms. The minimum Gasteiger partial charge on any atom is -0.391 e. The van der Waals surface area contributed by atoms with Crippen molar-refractivity contribution in [2.75, 3.05) is 6.54 Å². The highest BCUT2D eigenvalue weighted by Gasteiger charge is 2.13. The summed E-state index contributed by atoms with van der Waals surface area (Å²) >= 11 is 1.64. The normalized spacial score (nSPS) is 14.1. The van der Waals surface area contributed by atoms with E-state index in [1.807, 2.05) is 26.2 Å². The fourth-order valence-electron chi connectivity index (χ4n) is 1.73. The summed E-state index contributed by atoms with van der Waals surface area (Å²) in [6.45, 7) is 6.35. The maximum absolute atomic E-state index is 11.6. The van der Waals surface area contributed by atoms with Gasteiger partial charge >= 0.3 is 0 Å². The molecule has 0 aliphatic heterocycles. The first-order valence-electron chi connectivity index (χ1n) is 6.88. The Kier molecular flexibility index (Phi) is 7.02. The van der Waals surface area contributed by atoms with Gasteiger partial charge in [-0.3, -0.25) is 4.79 Å². The molecule has 108 valence electrons. The summed E-state index contributed by atoms with van der Waals surface area (Å²) in [5.74, 6) is 0.229. The van der Waals surface area contributed by atoms with Crippen molar-refractivity contribution in [2.45, 2.75) is 52.6 Å². The van der Waals surface area contributed by atoms with E-state index < -0.39 is 6.10 Å². The highest BCUT2D eigenvalue weighted by atomic mass is 32.1. The average Bonchev–Trinajstić information content (AvgIpc) is 2.80. The summed E-state index contributed by atoms with van der Waals surface area (Å²) in [7, 11) is 0. The van der Waals surface area contributed by atoms with Crippen molar-refractivity contribution in [3.05, 3.63) is 16.1 Å². The van der Waals surface area contributed by atoms with Crippen molar-refractivity contribution in [2.24, 2.45) is 5.92 Å². The Hall–Kier alpha value is -0.940. The fourth-order valence-corrected chi connectivity index (χ4v) is 2.38. The maximum Gasteiger partial charge on any atom is 0.220 e. The number of aryl methyl sites for hydroxylation is 2. The largest absolute Gasteiger partial charge is 0.391 e. The van der Waals surface area contributed by atoms with E-state index in [1.54, 1.807) is 11.3 Å².